The molecule has 1 aromatic carbocycles. The molecule has 1 aliphatic carbocycles. The number of nitrogens with one attached hydrogen (secondary N) is 1. The van der Waals surface area contributed by atoms with Crippen molar-refractivity contribution in [3.05, 3.63) is 17.7 Å². The maximum absolute atomic E-state index is 5.56. The molecule has 20 heavy (non-hydrogen) atoms. The Kier molecular flexibility index (Phi) is 4.76. The van der Waals surface area contributed by atoms with Gasteiger partial charge in [0.1, 0.15) is 0 Å². The van der Waals surface area contributed by atoms with Gasteiger partial charge in [0.2, 0.25) is 5.75 Å². The monoisotopic (exact) mass is 279 g/mol. The number of methoxy groups -OCH3 is 3. The molecule has 0 radical (unpaired) electrons. The highest BCUT2D eigenvalue weighted by Crippen LogP contribution is 2.53. The summed E-state index contributed by atoms with van der Waals surface area (Å²) in [5.74, 6) is 3.45. The average Bonchev–Trinajstić information content (AvgIpc) is 3.22. The van der Waals surface area contributed by atoms with Crippen LogP contribution in [0.1, 0.15) is 31.7 Å². The van der Waals surface area contributed by atoms with Crippen molar-refractivity contribution in [2.24, 2.45) is 5.92 Å². The standard InChI is InChI=1S/C16H25NO3/c1-10(2)17-9-11-8-13(11)12-6-7-14(18-3)16(20-5)15(12)19-4/h6-7,10-11,13,17H,8-9H2,1-5H3. The Bertz CT molecular complexity index is 459. The predicted octanol–water partition coefficient (Wildman–Crippen LogP) is 2.81. The van der Waals surface area contributed by atoms with Crippen molar-refractivity contribution < 1.29 is 14.2 Å². The van der Waals surface area contributed by atoms with Gasteiger partial charge in [0, 0.05) is 11.6 Å². The fourth-order valence-corrected chi connectivity index (χ4v) is 2.66. The molecule has 0 spiro atoms. The van der Waals surface area contributed by atoms with E-state index in [2.05, 4.69) is 25.2 Å². The van der Waals surface area contributed by atoms with Crippen molar-refractivity contribution >= 4 is 0 Å². The van der Waals surface area contributed by atoms with Crippen LogP contribution in [0.3, 0.4) is 0 Å². The average molecular weight is 279 g/mol. The second kappa shape index (κ2) is 6.35. The molecule has 2 unspecified atom stereocenters. The molecule has 1 N–H and O–H groups in total. The molecule has 0 aliphatic heterocycles. The summed E-state index contributed by atoms with van der Waals surface area (Å²) in [7, 11) is 4.98. The molecule has 0 saturated heterocycles. The highest BCUT2D eigenvalue weighted by molar-refractivity contribution is 5.57. The summed E-state index contributed by atoms with van der Waals surface area (Å²) >= 11 is 0. The van der Waals surface area contributed by atoms with E-state index in [1.165, 1.54) is 12.0 Å². The molecule has 0 aromatic heterocycles. The lowest BCUT2D eigenvalue weighted by molar-refractivity contribution is 0.322. The molecule has 1 aliphatic rings. The summed E-state index contributed by atoms with van der Waals surface area (Å²) < 4.78 is 16.3. The Morgan fingerprint density at radius 1 is 1.10 bits per heavy atom. The minimum absolute atomic E-state index is 0.531. The van der Waals surface area contributed by atoms with E-state index in [-0.39, 0.29) is 0 Å². The molecule has 0 amide bonds. The number of hydrogen-bond donors (Lipinski definition) is 1. The van der Waals surface area contributed by atoms with Gasteiger partial charge in [-0.3, -0.25) is 0 Å². The number of rotatable bonds is 7. The van der Waals surface area contributed by atoms with Crippen molar-refractivity contribution in [3.8, 4) is 17.2 Å². The Hall–Kier alpha value is -1.42. The minimum Gasteiger partial charge on any atom is -0.493 e. The summed E-state index contributed by atoms with van der Waals surface area (Å²) in [6.45, 7) is 5.41. The third-order valence-corrected chi connectivity index (χ3v) is 3.84. The van der Waals surface area contributed by atoms with E-state index in [1.54, 1.807) is 21.3 Å². The van der Waals surface area contributed by atoms with Crippen molar-refractivity contribution in [2.75, 3.05) is 27.9 Å². The normalized spacial score (nSPS) is 20.9. The van der Waals surface area contributed by atoms with Crippen molar-refractivity contribution in [1.82, 2.24) is 5.32 Å². The Labute approximate surface area is 121 Å². The van der Waals surface area contributed by atoms with Gasteiger partial charge in [-0.05, 0) is 30.9 Å². The van der Waals surface area contributed by atoms with Gasteiger partial charge in [-0.15, -0.1) is 0 Å². The van der Waals surface area contributed by atoms with Gasteiger partial charge < -0.3 is 19.5 Å². The van der Waals surface area contributed by atoms with Gasteiger partial charge >= 0.3 is 0 Å². The predicted molar refractivity (Wildman–Crippen MR) is 80.1 cm³/mol. The zero-order chi connectivity index (χ0) is 14.7. The lowest BCUT2D eigenvalue weighted by Crippen LogP contribution is -2.25. The third-order valence-electron chi connectivity index (χ3n) is 3.84. The summed E-state index contributed by atoms with van der Waals surface area (Å²) in [4.78, 5) is 0. The number of benzene rings is 1. The van der Waals surface area contributed by atoms with E-state index < -0.39 is 0 Å². The number of hydrogen-bond acceptors (Lipinski definition) is 4. The Balaban J connectivity index is 2.17. The lowest BCUT2D eigenvalue weighted by Gasteiger charge is -2.16. The van der Waals surface area contributed by atoms with E-state index >= 15 is 0 Å². The maximum Gasteiger partial charge on any atom is 0.203 e. The van der Waals surface area contributed by atoms with E-state index in [4.69, 9.17) is 14.2 Å². The quantitative estimate of drug-likeness (QED) is 0.833. The fourth-order valence-electron chi connectivity index (χ4n) is 2.66. The lowest BCUT2D eigenvalue weighted by atomic mass is 10.1. The van der Waals surface area contributed by atoms with Crippen LogP contribution >= 0.6 is 0 Å². The van der Waals surface area contributed by atoms with Crippen molar-refractivity contribution in [2.45, 2.75) is 32.2 Å². The third kappa shape index (κ3) is 3.01. The van der Waals surface area contributed by atoms with Crippen LogP contribution in [0.4, 0.5) is 0 Å². The van der Waals surface area contributed by atoms with Crippen LogP contribution in [0.15, 0.2) is 12.1 Å². The summed E-state index contributed by atoms with van der Waals surface area (Å²) in [5, 5.41) is 3.50. The van der Waals surface area contributed by atoms with Gasteiger partial charge in [-0.25, -0.2) is 0 Å². The largest absolute Gasteiger partial charge is 0.493 e. The molecule has 4 nitrogen and oxygen atoms in total. The first-order valence-corrected chi connectivity index (χ1v) is 7.14. The highest BCUT2D eigenvalue weighted by Gasteiger charge is 2.40. The first-order chi connectivity index (χ1) is 9.62. The van der Waals surface area contributed by atoms with Crippen molar-refractivity contribution in [1.29, 1.82) is 0 Å². The van der Waals surface area contributed by atoms with Crippen LogP contribution in [0.25, 0.3) is 0 Å². The molecule has 0 heterocycles. The topological polar surface area (TPSA) is 39.7 Å². The van der Waals surface area contributed by atoms with Crippen LogP contribution in [0.5, 0.6) is 17.2 Å². The molecule has 2 rings (SSSR count). The Morgan fingerprint density at radius 2 is 1.80 bits per heavy atom. The smallest absolute Gasteiger partial charge is 0.203 e. The molecule has 2 atom stereocenters. The maximum atomic E-state index is 5.56. The zero-order valence-corrected chi connectivity index (χ0v) is 13.0. The zero-order valence-electron chi connectivity index (χ0n) is 13.0. The molecular weight excluding hydrogens is 254 g/mol. The second-order valence-corrected chi connectivity index (χ2v) is 5.59. The van der Waals surface area contributed by atoms with E-state index in [1.807, 2.05) is 6.07 Å². The first kappa shape index (κ1) is 15.0. The fraction of sp³-hybridized carbons (Fsp3) is 0.625. The van der Waals surface area contributed by atoms with Crippen LogP contribution in [-0.2, 0) is 0 Å². The SMILES string of the molecule is COc1ccc(C2CC2CNC(C)C)c(OC)c1OC. The van der Waals surface area contributed by atoms with Crippen LogP contribution < -0.4 is 19.5 Å². The van der Waals surface area contributed by atoms with Crippen LogP contribution in [0, 0.1) is 5.92 Å². The molecule has 0 bridgehead atoms. The first-order valence-electron chi connectivity index (χ1n) is 7.14. The van der Waals surface area contributed by atoms with Gasteiger partial charge in [-0.2, -0.15) is 0 Å². The van der Waals surface area contributed by atoms with Gasteiger partial charge in [0.15, 0.2) is 11.5 Å². The minimum atomic E-state index is 0.531. The second-order valence-electron chi connectivity index (χ2n) is 5.59. The number of ether oxygens (including phenoxy) is 3. The summed E-state index contributed by atoms with van der Waals surface area (Å²) in [6.07, 6.45) is 1.20. The summed E-state index contributed by atoms with van der Waals surface area (Å²) in [6, 6.07) is 4.59. The Morgan fingerprint density at radius 3 is 2.35 bits per heavy atom. The van der Waals surface area contributed by atoms with Crippen LogP contribution in [0.2, 0.25) is 0 Å². The van der Waals surface area contributed by atoms with Gasteiger partial charge in [-0.1, -0.05) is 19.9 Å². The summed E-state index contributed by atoms with van der Waals surface area (Å²) in [5.41, 5.74) is 1.22. The van der Waals surface area contributed by atoms with Crippen LogP contribution in [-0.4, -0.2) is 33.9 Å². The van der Waals surface area contributed by atoms with Crippen molar-refractivity contribution in [3.63, 3.8) is 0 Å². The van der Waals surface area contributed by atoms with E-state index in [0.29, 0.717) is 29.4 Å². The van der Waals surface area contributed by atoms with Gasteiger partial charge in [0.25, 0.3) is 0 Å². The highest BCUT2D eigenvalue weighted by atomic mass is 16.5. The van der Waals surface area contributed by atoms with E-state index in [9.17, 15) is 0 Å². The molecule has 1 fully saturated rings. The molecule has 1 aromatic rings. The van der Waals surface area contributed by atoms with E-state index in [0.717, 1.165) is 12.3 Å². The molecule has 4 heteroatoms. The molecule has 112 valence electrons. The molecular formula is C16H25NO3. The molecule has 1 saturated carbocycles. The van der Waals surface area contributed by atoms with Gasteiger partial charge in [0.05, 0.1) is 21.3 Å².